The monoisotopic (exact) mass is 277 g/mol. The molecule has 106 valence electrons. The third kappa shape index (κ3) is 2.40. The first-order valence-electron chi connectivity index (χ1n) is 7.61. The fourth-order valence-corrected chi connectivity index (χ4v) is 2.94. The van der Waals surface area contributed by atoms with Gasteiger partial charge in [-0.1, -0.05) is 30.3 Å². The Bertz CT molecular complexity index is 770. The number of nitrogens with zero attached hydrogens (tertiary/aromatic N) is 2. The zero-order valence-electron chi connectivity index (χ0n) is 12.0. The van der Waals surface area contributed by atoms with Crippen molar-refractivity contribution in [2.45, 2.75) is 31.7 Å². The van der Waals surface area contributed by atoms with Crippen LogP contribution in [0.4, 0.5) is 5.69 Å². The van der Waals surface area contributed by atoms with Crippen LogP contribution in [0.5, 0.6) is 0 Å². The van der Waals surface area contributed by atoms with Crippen LogP contribution in [-0.4, -0.2) is 9.55 Å². The number of nitrogens with two attached hydrogens (primary N) is 1. The predicted octanol–water partition coefficient (Wildman–Crippen LogP) is 3.74. The lowest BCUT2D eigenvalue weighted by Gasteiger charge is -2.09. The molecule has 21 heavy (non-hydrogen) atoms. The minimum Gasteiger partial charge on any atom is -0.399 e. The maximum atomic E-state index is 5.89. The van der Waals surface area contributed by atoms with Gasteiger partial charge in [0.05, 0.1) is 11.0 Å². The summed E-state index contributed by atoms with van der Waals surface area (Å²) in [6.07, 6.45) is 3.57. The molecule has 1 aliphatic rings. The Hall–Kier alpha value is -2.29. The van der Waals surface area contributed by atoms with Gasteiger partial charge >= 0.3 is 0 Å². The highest BCUT2D eigenvalue weighted by atomic mass is 15.1. The van der Waals surface area contributed by atoms with Crippen molar-refractivity contribution in [1.82, 2.24) is 9.55 Å². The number of benzene rings is 2. The number of aryl methyl sites for hydroxylation is 2. The fraction of sp³-hybridized carbons (Fsp3) is 0.278. The number of hydrogen-bond acceptors (Lipinski definition) is 2. The summed E-state index contributed by atoms with van der Waals surface area (Å²) in [5.74, 6) is 1.89. The van der Waals surface area contributed by atoms with Gasteiger partial charge in [-0.2, -0.15) is 0 Å². The minimum absolute atomic E-state index is 0.648. The van der Waals surface area contributed by atoms with Crippen LogP contribution in [0.25, 0.3) is 11.0 Å². The molecule has 4 rings (SSSR count). The Kier molecular flexibility index (Phi) is 2.92. The van der Waals surface area contributed by atoms with Crippen LogP contribution in [0, 0.1) is 0 Å². The summed E-state index contributed by atoms with van der Waals surface area (Å²) in [6.45, 7) is 0.982. The molecule has 0 atom stereocenters. The van der Waals surface area contributed by atoms with Crippen molar-refractivity contribution in [3.8, 4) is 0 Å². The molecule has 0 bridgehead atoms. The van der Waals surface area contributed by atoms with E-state index in [0.29, 0.717) is 5.92 Å². The second kappa shape index (κ2) is 4.92. The molecule has 2 aromatic carbocycles. The zero-order chi connectivity index (χ0) is 14.2. The van der Waals surface area contributed by atoms with Gasteiger partial charge in [-0.25, -0.2) is 4.98 Å². The van der Waals surface area contributed by atoms with Crippen molar-refractivity contribution in [1.29, 1.82) is 0 Å². The number of rotatable bonds is 4. The molecule has 0 spiro atoms. The minimum atomic E-state index is 0.648. The molecular weight excluding hydrogens is 258 g/mol. The smallest absolute Gasteiger partial charge is 0.113 e. The largest absolute Gasteiger partial charge is 0.399 e. The number of aromatic nitrogens is 2. The van der Waals surface area contributed by atoms with Crippen LogP contribution in [0.2, 0.25) is 0 Å². The molecule has 3 heteroatoms. The Balaban J connectivity index is 1.70. The summed E-state index contributed by atoms with van der Waals surface area (Å²) >= 11 is 0. The lowest BCUT2D eigenvalue weighted by molar-refractivity contribution is 0.670. The molecular formula is C18H19N3. The number of fused-ring (bicyclic) bond motifs is 1. The van der Waals surface area contributed by atoms with Crippen LogP contribution in [-0.2, 0) is 13.0 Å². The van der Waals surface area contributed by atoms with E-state index in [1.54, 1.807) is 0 Å². The van der Waals surface area contributed by atoms with Gasteiger partial charge in [0.25, 0.3) is 0 Å². The molecule has 0 aliphatic heterocycles. The Morgan fingerprint density at radius 1 is 1.10 bits per heavy atom. The molecule has 1 heterocycles. The fourth-order valence-electron chi connectivity index (χ4n) is 2.94. The van der Waals surface area contributed by atoms with Gasteiger partial charge < -0.3 is 10.3 Å². The topological polar surface area (TPSA) is 43.8 Å². The van der Waals surface area contributed by atoms with Crippen molar-refractivity contribution < 1.29 is 0 Å². The lowest BCUT2D eigenvalue weighted by Crippen LogP contribution is -2.05. The summed E-state index contributed by atoms with van der Waals surface area (Å²) in [5.41, 5.74) is 10.3. The predicted molar refractivity (Wildman–Crippen MR) is 86.3 cm³/mol. The van der Waals surface area contributed by atoms with Gasteiger partial charge in [0.15, 0.2) is 0 Å². The average Bonchev–Trinajstić information content (AvgIpc) is 3.28. The van der Waals surface area contributed by atoms with E-state index in [-0.39, 0.29) is 0 Å². The van der Waals surface area contributed by atoms with Crippen LogP contribution in [0.15, 0.2) is 48.5 Å². The van der Waals surface area contributed by atoms with E-state index in [1.807, 2.05) is 12.1 Å². The summed E-state index contributed by atoms with van der Waals surface area (Å²) in [6, 6.07) is 16.7. The van der Waals surface area contributed by atoms with E-state index < -0.39 is 0 Å². The molecule has 0 radical (unpaired) electrons. The second-order valence-corrected chi connectivity index (χ2v) is 5.88. The van der Waals surface area contributed by atoms with Gasteiger partial charge in [0.2, 0.25) is 0 Å². The van der Waals surface area contributed by atoms with Crippen LogP contribution < -0.4 is 5.73 Å². The average molecular weight is 277 g/mol. The van der Waals surface area contributed by atoms with Crippen LogP contribution in [0.1, 0.15) is 30.1 Å². The van der Waals surface area contributed by atoms with Gasteiger partial charge in [0.1, 0.15) is 5.82 Å². The maximum absolute atomic E-state index is 5.89. The SMILES string of the molecule is Nc1ccc2c(c1)nc(C1CC1)n2CCc1ccccc1. The van der Waals surface area contributed by atoms with Crippen LogP contribution in [0.3, 0.4) is 0 Å². The number of imidazole rings is 1. The Morgan fingerprint density at radius 2 is 1.90 bits per heavy atom. The normalized spacial score (nSPS) is 14.7. The Morgan fingerprint density at radius 3 is 2.67 bits per heavy atom. The van der Waals surface area contributed by atoms with E-state index in [0.717, 1.165) is 24.2 Å². The molecule has 0 unspecified atom stereocenters. The number of anilines is 1. The van der Waals surface area contributed by atoms with E-state index in [4.69, 9.17) is 10.7 Å². The highest BCUT2D eigenvalue weighted by molar-refractivity contribution is 5.79. The molecule has 3 aromatic rings. The quantitative estimate of drug-likeness (QED) is 0.738. The molecule has 2 N–H and O–H groups in total. The third-order valence-electron chi connectivity index (χ3n) is 4.21. The highest BCUT2D eigenvalue weighted by Crippen LogP contribution is 2.40. The molecule has 1 fully saturated rings. The van der Waals surface area contributed by atoms with Crippen LogP contribution >= 0.6 is 0 Å². The van der Waals surface area contributed by atoms with E-state index in [9.17, 15) is 0 Å². The summed E-state index contributed by atoms with van der Waals surface area (Å²) in [7, 11) is 0. The summed E-state index contributed by atoms with van der Waals surface area (Å²) in [5, 5.41) is 0. The van der Waals surface area contributed by atoms with Gasteiger partial charge in [0, 0.05) is 18.2 Å². The molecule has 1 saturated carbocycles. The highest BCUT2D eigenvalue weighted by Gasteiger charge is 2.29. The molecule has 1 aromatic heterocycles. The standard InChI is InChI=1S/C18H19N3/c19-15-8-9-17-16(12-15)20-18(14-6-7-14)21(17)11-10-13-4-2-1-3-5-13/h1-5,8-9,12,14H,6-7,10-11,19H2. The first kappa shape index (κ1) is 12.5. The summed E-state index contributed by atoms with van der Waals surface area (Å²) < 4.78 is 2.39. The zero-order valence-corrected chi connectivity index (χ0v) is 12.0. The maximum Gasteiger partial charge on any atom is 0.113 e. The Labute approximate surface area is 124 Å². The number of nitrogen functional groups attached to an aromatic ring is 1. The van der Waals surface area contributed by atoms with E-state index in [2.05, 4.69) is 41.0 Å². The number of hydrogen-bond donors (Lipinski definition) is 1. The molecule has 1 aliphatic carbocycles. The van der Waals surface area contributed by atoms with E-state index >= 15 is 0 Å². The van der Waals surface area contributed by atoms with Crippen molar-refractivity contribution >= 4 is 16.7 Å². The van der Waals surface area contributed by atoms with Crippen molar-refractivity contribution in [3.05, 3.63) is 59.9 Å². The van der Waals surface area contributed by atoms with Crippen molar-refractivity contribution in [3.63, 3.8) is 0 Å². The van der Waals surface area contributed by atoms with Crippen molar-refractivity contribution in [2.24, 2.45) is 0 Å². The van der Waals surface area contributed by atoms with Crippen molar-refractivity contribution in [2.75, 3.05) is 5.73 Å². The first-order valence-corrected chi connectivity index (χ1v) is 7.61. The van der Waals surface area contributed by atoms with Gasteiger partial charge in [-0.05, 0) is 43.0 Å². The molecule has 0 amide bonds. The summed E-state index contributed by atoms with van der Waals surface area (Å²) in [4.78, 5) is 4.83. The molecule has 3 nitrogen and oxygen atoms in total. The third-order valence-corrected chi connectivity index (χ3v) is 4.21. The molecule has 0 saturated heterocycles. The van der Waals surface area contributed by atoms with Gasteiger partial charge in [-0.15, -0.1) is 0 Å². The second-order valence-electron chi connectivity index (χ2n) is 5.88. The van der Waals surface area contributed by atoms with E-state index in [1.165, 1.54) is 29.7 Å². The lowest BCUT2D eigenvalue weighted by atomic mass is 10.1. The van der Waals surface area contributed by atoms with Gasteiger partial charge in [-0.3, -0.25) is 0 Å². The first-order chi connectivity index (χ1) is 10.3.